The van der Waals surface area contributed by atoms with Gasteiger partial charge in [0, 0.05) is 18.9 Å². The second-order valence-electron chi connectivity index (χ2n) is 7.29. The van der Waals surface area contributed by atoms with Crippen LogP contribution in [0.1, 0.15) is 43.7 Å². The summed E-state index contributed by atoms with van der Waals surface area (Å²) in [5.41, 5.74) is -0.300. The van der Waals surface area contributed by atoms with Crippen molar-refractivity contribution in [2.45, 2.75) is 19.1 Å². The van der Waals surface area contributed by atoms with Gasteiger partial charge in [-0.1, -0.05) is 11.6 Å². The Labute approximate surface area is 199 Å². The number of nitrogens with one attached hydrogen (secondary N) is 2. The Morgan fingerprint density at radius 1 is 1.15 bits per heavy atom. The molecule has 0 bridgehead atoms. The van der Waals surface area contributed by atoms with Crippen LogP contribution in [0.5, 0.6) is 0 Å². The lowest BCUT2D eigenvalue weighted by atomic mass is 10.2. The summed E-state index contributed by atoms with van der Waals surface area (Å²) in [6.45, 7) is 1.69. The maximum atomic E-state index is 13.0. The molecule has 0 aliphatic rings. The van der Waals surface area contributed by atoms with E-state index >= 15 is 0 Å². The third-order valence-electron chi connectivity index (χ3n) is 4.87. The zero-order chi connectivity index (χ0) is 24.6. The Balaban J connectivity index is 1.46. The highest BCUT2D eigenvalue weighted by atomic mass is 35.5. The number of carbonyl (C=O) groups excluding carboxylic acids is 2. The van der Waals surface area contributed by atoms with Gasteiger partial charge >= 0.3 is 6.18 Å². The van der Waals surface area contributed by atoms with E-state index in [0.29, 0.717) is 16.0 Å². The van der Waals surface area contributed by atoms with Crippen LogP contribution in [-0.4, -0.2) is 31.3 Å². The molecule has 0 unspecified atom stereocenters. The van der Waals surface area contributed by atoms with Crippen molar-refractivity contribution >= 4 is 51.5 Å². The minimum atomic E-state index is -4.65. The van der Waals surface area contributed by atoms with Gasteiger partial charge in [-0.25, -0.2) is 15.0 Å². The molecule has 4 rings (SSSR count). The van der Waals surface area contributed by atoms with Gasteiger partial charge in [0.05, 0.1) is 28.2 Å². The van der Waals surface area contributed by atoms with E-state index < -0.39 is 34.6 Å². The molecule has 0 radical (unpaired) electrons. The number of nitrogens with zero attached hydrogens (tertiary/aromatic N) is 4. The van der Waals surface area contributed by atoms with E-state index in [4.69, 9.17) is 11.6 Å². The second-order valence-corrected chi connectivity index (χ2v) is 8.76. The molecule has 34 heavy (non-hydrogen) atoms. The number of rotatable bonds is 5. The molecule has 0 saturated heterocycles. The summed E-state index contributed by atoms with van der Waals surface area (Å²) >= 11 is 6.61. The first-order valence-electron chi connectivity index (χ1n) is 9.75. The number of halogens is 4. The van der Waals surface area contributed by atoms with Crippen molar-refractivity contribution in [2.75, 3.05) is 5.32 Å². The first-order valence-corrected chi connectivity index (χ1v) is 10.9. The molecule has 1 aromatic carbocycles. The molecule has 2 N–H and O–H groups in total. The normalized spacial score (nSPS) is 12.5. The maximum absolute atomic E-state index is 13.0. The number of benzene rings is 1. The lowest BCUT2D eigenvalue weighted by molar-refractivity contribution is -0.137. The quantitative estimate of drug-likeness (QED) is 0.401. The van der Waals surface area contributed by atoms with Crippen molar-refractivity contribution in [1.29, 1.82) is 0 Å². The predicted octanol–water partition coefficient (Wildman–Crippen LogP) is 4.84. The van der Waals surface area contributed by atoms with E-state index in [0.717, 1.165) is 23.5 Å². The Morgan fingerprint density at radius 2 is 1.91 bits per heavy atom. The van der Waals surface area contributed by atoms with Gasteiger partial charge in [0.15, 0.2) is 0 Å². The number of hydrogen-bond donors (Lipinski definition) is 2. The fourth-order valence-corrected chi connectivity index (χ4v) is 4.23. The third kappa shape index (κ3) is 4.73. The van der Waals surface area contributed by atoms with Crippen LogP contribution in [-0.2, 0) is 13.2 Å². The SMILES string of the molecule is C[C@@H](NC(=O)c1ncnc2c1ccn2C)c1ncc(C(=O)Nc2ccc(Cl)c(C(F)(F)F)c2)s1. The monoisotopic (exact) mass is 508 g/mol. The fraction of sp³-hybridized carbons (Fsp3) is 0.190. The summed E-state index contributed by atoms with van der Waals surface area (Å²) in [5.74, 6) is -1.08. The molecule has 1 atom stereocenters. The zero-order valence-electron chi connectivity index (χ0n) is 17.6. The van der Waals surface area contributed by atoms with Crippen molar-refractivity contribution in [3.63, 3.8) is 0 Å². The standard InChI is InChI=1S/C21H16ClF3N6O2S/c1-10(29-19(33)16-12-5-6-31(2)17(12)28-9-27-16)20-26-8-15(34-20)18(32)30-11-3-4-14(22)13(7-11)21(23,24)25/h3-10H,1-2H3,(H,29,33)(H,30,32)/t10-/m1/s1. The first-order chi connectivity index (χ1) is 16.0. The van der Waals surface area contributed by atoms with Gasteiger partial charge in [-0.15, -0.1) is 11.3 Å². The molecule has 13 heteroatoms. The number of fused-ring (bicyclic) bond motifs is 1. The van der Waals surface area contributed by atoms with Gasteiger partial charge < -0.3 is 15.2 Å². The van der Waals surface area contributed by atoms with Crippen molar-refractivity contribution in [3.8, 4) is 0 Å². The number of aryl methyl sites for hydroxylation is 1. The fourth-order valence-electron chi connectivity index (χ4n) is 3.19. The highest BCUT2D eigenvalue weighted by molar-refractivity contribution is 7.13. The van der Waals surface area contributed by atoms with Gasteiger partial charge in [-0.2, -0.15) is 13.2 Å². The van der Waals surface area contributed by atoms with Crippen LogP contribution in [0.15, 0.2) is 43.0 Å². The van der Waals surface area contributed by atoms with Crippen LogP contribution in [0.2, 0.25) is 5.02 Å². The number of carbonyl (C=O) groups is 2. The molecule has 176 valence electrons. The second kappa shape index (κ2) is 9.03. The minimum Gasteiger partial charge on any atom is -0.342 e. The third-order valence-corrected chi connectivity index (χ3v) is 6.38. The van der Waals surface area contributed by atoms with Crippen molar-refractivity contribution in [2.24, 2.45) is 7.05 Å². The smallest absolute Gasteiger partial charge is 0.342 e. The average molecular weight is 509 g/mol. The van der Waals surface area contributed by atoms with Crippen LogP contribution >= 0.6 is 22.9 Å². The van der Waals surface area contributed by atoms with Gasteiger partial charge in [-0.3, -0.25) is 9.59 Å². The maximum Gasteiger partial charge on any atom is 0.417 e. The van der Waals surface area contributed by atoms with Crippen LogP contribution in [0.4, 0.5) is 18.9 Å². The Bertz CT molecular complexity index is 1400. The zero-order valence-corrected chi connectivity index (χ0v) is 19.2. The molecule has 8 nitrogen and oxygen atoms in total. The summed E-state index contributed by atoms with van der Waals surface area (Å²) in [4.78, 5) is 37.8. The number of alkyl halides is 3. The Kier molecular flexibility index (Phi) is 6.28. The molecule has 0 aliphatic carbocycles. The number of hydrogen-bond acceptors (Lipinski definition) is 6. The number of amides is 2. The lowest BCUT2D eigenvalue weighted by Gasteiger charge is -2.12. The van der Waals surface area contributed by atoms with Crippen LogP contribution in [0.3, 0.4) is 0 Å². The molecule has 3 heterocycles. The molecular formula is C21H16ClF3N6O2S. The van der Waals surface area contributed by atoms with Gasteiger partial charge in [0.1, 0.15) is 27.6 Å². The minimum absolute atomic E-state index is 0.0614. The molecule has 0 fully saturated rings. The summed E-state index contributed by atoms with van der Waals surface area (Å²) in [6.07, 6.45) is -0.297. The highest BCUT2D eigenvalue weighted by Crippen LogP contribution is 2.36. The summed E-state index contributed by atoms with van der Waals surface area (Å²) in [5, 5.41) is 5.75. The lowest BCUT2D eigenvalue weighted by Crippen LogP contribution is -2.27. The van der Waals surface area contributed by atoms with E-state index in [9.17, 15) is 22.8 Å². The summed E-state index contributed by atoms with van der Waals surface area (Å²) in [7, 11) is 1.80. The molecular weight excluding hydrogens is 493 g/mol. The Morgan fingerprint density at radius 3 is 2.65 bits per heavy atom. The molecule has 0 spiro atoms. The van der Waals surface area contributed by atoms with E-state index in [1.807, 2.05) is 0 Å². The average Bonchev–Trinajstić information content (AvgIpc) is 3.42. The molecule has 0 aliphatic heterocycles. The van der Waals surface area contributed by atoms with E-state index in [1.54, 1.807) is 30.8 Å². The Hall–Kier alpha value is -3.51. The molecule has 4 aromatic rings. The first kappa shape index (κ1) is 23.6. The van der Waals surface area contributed by atoms with Gasteiger partial charge in [0.25, 0.3) is 11.8 Å². The van der Waals surface area contributed by atoms with Crippen molar-refractivity contribution < 1.29 is 22.8 Å². The largest absolute Gasteiger partial charge is 0.417 e. The highest BCUT2D eigenvalue weighted by Gasteiger charge is 2.33. The molecule has 0 saturated carbocycles. The van der Waals surface area contributed by atoms with Gasteiger partial charge in [0.2, 0.25) is 0 Å². The number of thiazole rings is 1. The summed E-state index contributed by atoms with van der Waals surface area (Å²) < 4.78 is 40.9. The van der Waals surface area contributed by atoms with Crippen molar-refractivity contribution in [3.05, 3.63) is 69.2 Å². The van der Waals surface area contributed by atoms with Gasteiger partial charge in [-0.05, 0) is 31.2 Å². The number of aromatic nitrogens is 4. The van der Waals surface area contributed by atoms with Crippen molar-refractivity contribution in [1.82, 2.24) is 24.8 Å². The number of anilines is 1. The van der Waals surface area contributed by atoms with E-state index in [-0.39, 0.29) is 16.3 Å². The topological polar surface area (TPSA) is 102 Å². The molecule has 2 amide bonds. The predicted molar refractivity (Wildman–Crippen MR) is 121 cm³/mol. The van der Waals surface area contributed by atoms with Crippen LogP contribution < -0.4 is 10.6 Å². The van der Waals surface area contributed by atoms with E-state index in [2.05, 4.69) is 25.6 Å². The summed E-state index contributed by atoms with van der Waals surface area (Å²) in [6, 6.07) is 4.28. The van der Waals surface area contributed by atoms with Crippen LogP contribution in [0, 0.1) is 0 Å². The van der Waals surface area contributed by atoms with E-state index in [1.165, 1.54) is 18.6 Å². The van der Waals surface area contributed by atoms with Crippen LogP contribution in [0.25, 0.3) is 11.0 Å². The molecule has 3 aromatic heterocycles.